The minimum absolute atomic E-state index is 0.401. The molecule has 0 unspecified atom stereocenters. The van der Waals surface area contributed by atoms with Crippen LogP contribution in [0.3, 0.4) is 0 Å². The Kier molecular flexibility index (Phi) is 4.32. The molecule has 0 radical (unpaired) electrons. The van der Waals surface area contributed by atoms with E-state index in [4.69, 9.17) is 10.00 Å². The van der Waals surface area contributed by atoms with E-state index in [0.717, 1.165) is 41.6 Å². The zero-order chi connectivity index (χ0) is 15.5. The number of ether oxygens (including phenoxy) is 1. The van der Waals surface area contributed by atoms with Crippen molar-refractivity contribution in [1.82, 2.24) is 0 Å². The molecule has 0 aliphatic carbocycles. The van der Waals surface area contributed by atoms with Gasteiger partial charge < -0.3 is 4.74 Å². The van der Waals surface area contributed by atoms with Crippen molar-refractivity contribution in [3.05, 3.63) is 35.4 Å². The number of amides is 1. The molecular weight excluding hydrogens is 264 g/mol. The second-order valence-electron chi connectivity index (χ2n) is 5.13. The van der Waals surface area contributed by atoms with Crippen molar-refractivity contribution in [3.8, 4) is 6.07 Å². The van der Waals surface area contributed by atoms with Crippen LogP contribution in [0.1, 0.15) is 51.2 Å². The van der Waals surface area contributed by atoms with Gasteiger partial charge in [0.05, 0.1) is 11.8 Å². The zero-order valence-electron chi connectivity index (χ0n) is 12.7. The van der Waals surface area contributed by atoms with Gasteiger partial charge in [0.2, 0.25) is 0 Å². The van der Waals surface area contributed by atoms with Gasteiger partial charge in [-0.3, -0.25) is 5.32 Å². The van der Waals surface area contributed by atoms with Crippen LogP contribution in [-0.4, -0.2) is 6.09 Å². The van der Waals surface area contributed by atoms with Crippen molar-refractivity contribution in [3.63, 3.8) is 0 Å². The van der Waals surface area contributed by atoms with E-state index < -0.39 is 11.7 Å². The monoisotopic (exact) mass is 284 g/mol. The molecule has 1 aliphatic rings. The molecule has 4 heteroatoms. The Morgan fingerprint density at radius 3 is 2.67 bits per heavy atom. The first-order valence-corrected chi connectivity index (χ1v) is 7.33. The summed E-state index contributed by atoms with van der Waals surface area (Å²) in [6, 6.07) is 7.96. The minimum Gasteiger partial charge on any atom is -0.438 e. The molecule has 1 N–H and O–H groups in total. The molecule has 1 heterocycles. The Bertz CT molecular complexity index is 622. The second-order valence-corrected chi connectivity index (χ2v) is 5.13. The number of hydrogen-bond acceptors (Lipinski definition) is 3. The summed E-state index contributed by atoms with van der Waals surface area (Å²) in [4.78, 5) is 11.7. The number of anilines is 1. The van der Waals surface area contributed by atoms with E-state index in [1.165, 1.54) is 0 Å². The van der Waals surface area contributed by atoms with Gasteiger partial charge in [-0.25, -0.2) is 4.79 Å². The number of benzene rings is 1. The average Bonchev–Trinajstić information content (AvgIpc) is 2.51. The van der Waals surface area contributed by atoms with E-state index in [0.29, 0.717) is 0 Å². The molecule has 0 saturated heterocycles. The van der Waals surface area contributed by atoms with E-state index in [9.17, 15) is 4.79 Å². The molecule has 0 spiro atoms. The highest BCUT2D eigenvalue weighted by molar-refractivity contribution is 5.89. The molecule has 0 bridgehead atoms. The van der Waals surface area contributed by atoms with Crippen LogP contribution in [0.4, 0.5) is 10.5 Å². The number of rotatable bonds is 4. The van der Waals surface area contributed by atoms with Crippen LogP contribution in [0.15, 0.2) is 24.3 Å². The summed E-state index contributed by atoms with van der Waals surface area (Å²) < 4.78 is 5.59. The Morgan fingerprint density at radius 1 is 1.38 bits per heavy atom. The number of nitrogens with zero attached hydrogens (tertiary/aromatic N) is 1. The highest BCUT2D eigenvalue weighted by Crippen LogP contribution is 2.42. The molecule has 2 rings (SSSR count). The highest BCUT2D eigenvalue weighted by Gasteiger charge is 2.39. The molecule has 0 aromatic heterocycles. The Hall–Kier alpha value is -2.28. The van der Waals surface area contributed by atoms with E-state index in [2.05, 4.69) is 11.4 Å². The standard InChI is InChI=1S/C17H20N2O2/c1-4-12(9-10-18)13-7-8-15-14(11-13)17(5-2,6-3)21-16(20)19-15/h7-9,11H,4-6H2,1-3H3,(H,19,20). The van der Waals surface area contributed by atoms with Gasteiger partial charge in [0.1, 0.15) is 5.60 Å². The SMILES string of the molecule is CCC(=CC#N)c1ccc2c(c1)C(CC)(CC)OC(=O)N2. The summed E-state index contributed by atoms with van der Waals surface area (Å²) in [7, 11) is 0. The van der Waals surface area contributed by atoms with E-state index in [-0.39, 0.29) is 0 Å². The summed E-state index contributed by atoms with van der Waals surface area (Å²) in [5.41, 5.74) is 3.19. The first kappa shape index (κ1) is 15.1. The van der Waals surface area contributed by atoms with Crippen LogP contribution < -0.4 is 5.32 Å². The van der Waals surface area contributed by atoms with Gasteiger partial charge in [-0.15, -0.1) is 0 Å². The van der Waals surface area contributed by atoms with Crippen molar-refractivity contribution in [2.24, 2.45) is 0 Å². The van der Waals surface area contributed by atoms with Gasteiger partial charge in [-0.2, -0.15) is 5.26 Å². The number of carbonyl (C=O) groups excluding carboxylic acids is 1. The second kappa shape index (κ2) is 6.01. The molecule has 1 amide bonds. The van der Waals surface area contributed by atoms with E-state index in [1.807, 2.05) is 39.0 Å². The fourth-order valence-corrected chi connectivity index (χ4v) is 2.84. The van der Waals surface area contributed by atoms with Gasteiger partial charge in [0.15, 0.2) is 0 Å². The van der Waals surface area contributed by atoms with Crippen LogP contribution in [0.5, 0.6) is 0 Å². The maximum Gasteiger partial charge on any atom is 0.412 e. The zero-order valence-corrected chi connectivity index (χ0v) is 12.7. The van der Waals surface area contributed by atoms with Crippen LogP contribution in [0.2, 0.25) is 0 Å². The Balaban J connectivity index is 2.59. The van der Waals surface area contributed by atoms with Crippen molar-refractivity contribution >= 4 is 17.4 Å². The average molecular weight is 284 g/mol. The predicted molar refractivity (Wildman–Crippen MR) is 82.7 cm³/mol. The van der Waals surface area contributed by atoms with Gasteiger partial charge in [0.25, 0.3) is 0 Å². The summed E-state index contributed by atoms with van der Waals surface area (Å²) >= 11 is 0. The number of cyclic esters (lactones) is 1. The van der Waals surface area contributed by atoms with Gasteiger partial charge in [-0.05, 0) is 42.5 Å². The van der Waals surface area contributed by atoms with Crippen LogP contribution in [0.25, 0.3) is 5.57 Å². The largest absolute Gasteiger partial charge is 0.438 e. The summed E-state index contributed by atoms with van der Waals surface area (Å²) in [5, 5.41) is 11.6. The number of allylic oxidation sites excluding steroid dienone is 2. The lowest BCUT2D eigenvalue weighted by Gasteiger charge is -2.37. The van der Waals surface area contributed by atoms with Crippen molar-refractivity contribution in [2.45, 2.75) is 45.6 Å². The topological polar surface area (TPSA) is 62.1 Å². The van der Waals surface area contributed by atoms with Gasteiger partial charge >= 0.3 is 6.09 Å². The lowest BCUT2D eigenvalue weighted by molar-refractivity contribution is 0.00471. The first-order valence-electron chi connectivity index (χ1n) is 7.33. The third-order valence-electron chi connectivity index (χ3n) is 4.17. The quantitative estimate of drug-likeness (QED) is 0.823. The molecule has 1 aromatic carbocycles. The normalized spacial score (nSPS) is 16.5. The fraction of sp³-hybridized carbons (Fsp3) is 0.412. The molecule has 0 atom stereocenters. The highest BCUT2D eigenvalue weighted by atomic mass is 16.6. The molecule has 0 fully saturated rings. The van der Waals surface area contributed by atoms with Gasteiger partial charge in [-0.1, -0.05) is 26.8 Å². The van der Waals surface area contributed by atoms with Crippen LogP contribution in [0, 0.1) is 11.3 Å². The number of nitrogens with one attached hydrogen (secondary N) is 1. The lowest BCUT2D eigenvalue weighted by Crippen LogP contribution is -2.38. The molecule has 110 valence electrons. The smallest absolute Gasteiger partial charge is 0.412 e. The number of hydrogen-bond donors (Lipinski definition) is 1. The molecule has 1 aliphatic heterocycles. The predicted octanol–water partition coefficient (Wildman–Crippen LogP) is 4.58. The maximum absolute atomic E-state index is 11.7. The fourth-order valence-electron chi connectivity index (χ4n) is 2.84. The first-order chi connectivity index (χ1) is 10.1. The van der Waals surface area contributed by atoms with Crippen LogP contribution in [-0.2, 0) is 10.3 Å². The lowest BCUT2D eigenvalue weighted by atomic mass is 9.84. The third kappa shape index (κ3) is 2.64. The number of carbonyl (C=O) groups is 1. The minimum atomic E-state index is -0.584. The van der Waals surface area contributed by atoms with E-state index >= 15 is 0 Å². The molecular formula is C17H20N2O2. The summed E-state index contributed by atoms with van der Waals surface area (Å²) in [5.74, 6) is 0. The summed E-state index contributed by atoms with van der Waals surface area (Å²) in [6.45, 7) is 6.06. The summed E-state index contributed by atoms with van der Waals surface area (Å²) in [6.07, 6.45) is 3.39. The number of fused-ring (bicyclic) bond motifs is 1. The van der Waals surface area contributed by atoms with Gasteiger partial charge in [0, 0.05) is 11.6 Å². The Labute approximate surface area is 125 Å². The van der Waals surface area contributed by atoms with E-state index in [1.54, 1.807) is 6.08 Å². The van der Waals surface area contributed by atoms with Crippen molar-refractivity contribution in [1.29, 1.82) is 5.26 Å². The number of nitriles is 1. The molecule has 1 aromatic rings. The van der Waals surface area contributed by atoms with Crippen molar-refractivity contribution in [2.75, 3.05) is 5.32 Å². The van der Waals surface area contributed by atoms with Crippen LogP contribution >= 0.6 is 0 Å². The Morgan fingerprint density at radius 2 is 2.10 bits per heavy atom. The maximum atomic E-state index is 11.7. The van der Waals surface area contributed by atoms with Crippen molar-refractivity contribution < 1.29 is 9.53 Å². The molecule has 0 saturated carbocycles. The molecule has 21 heavy (non-hydrogen) atoms. The third-order valence-corrected chi connectivity index (χ3v) is 4.17. The molecule has 4 nitrogen and oxygen atoms in total.